The number of hydrogen-bond acceptors (Lipinski definition) is 3. The molecule has 0 heterocycles. The Morgan fingerprint density at radius 3 is 2.30 bits per heavy atom. The molecule has 1 N–H and O–H groups in total. The highest BCUT2D eigenvalue weighted by Crippen LogP contribution is 2.15. The van der Waals surface area contributed by atoms with Crippen LogP contribution in [0.2, 0.25) is 0 Å². The van der Waals surface area contributed by atoms with Gasteiger partial charge in [-0.25, -0.2) is 0 Å². The fraction of sp³-hybridized carbons (Fsp3) is 0.588. The van der Waals surface area contributed by atoms with E-state index >= 15 is 0 Å². The monoisotopic (exact) mass is 450 g/mol. The second-order valence-electron chi connectivity index (χ2n) is 5.75. The van der Waals surface area contributed by atoms with Crippen molar-refractivity contribution in [3.05, 3.63) is 29.8 Å². The largest absolute Gasteiger partial charge is 0.355 e. The van der Waals surface area contributed by atoms with Crippen molar-refractivity contribution in [2.24, 2.45) is 4.99 Å². The van der Waals surface area contributed by atoms with Gasteiger partial charge in [0.05, 0.1) is 0 Å². The van der Waals surface area contributed by atoms with Crippen LogP contribution in [0.4, 0.5) is 0 Å². The van der Waals surface area contributed by atoms with Crippen LogP contribution in [0.1, 0.15) is 19.4 Å². The highest BCUT2D eigenvalue weighted by Gasteiger charge is 2.08. The van der Waals surface area contributed by atoms with Crippen LogP contribution in [0, 0.1) is 0 Å². The Kier molecular flexibility index (Phi) is 11.7. The fourth-order valence-corrected chi connectivity index (χ4v) is 2.47. The lowest BCUT2D eigenvalue weighted by Gasteiger charge is -2.25. The molecule has 0 fully saturated rings. The Hall–Kier alpha value is -0.470. The molecule has 1 aromatic carbocycles. The van der Waals surface area contributed by atoms with Gasteiger partial charge in [0.1, 0.15) is 0 Å². The summed E-state index contributed by atoms with van der Waals surface area (Å²) >= 11 is 1.77. The Balaban J connectivity index is 0.00000484. The molecular formula is C17H31IN4S. The summed E-state index contributed by atoms with van der Waals surface area (Å²) in [5, 5.41) is 3.43. The second kappa shape index (κ2) is 12.0. The number of guanidine groups is 1. The zero-order valence-electron chi connectivity index (χ0n) is 15.2. The summed E-state index contributed by atoms with van der Waals surface area (Å²) in [4.78, 5) is 10.1. The van der Waals surface area contributed by atoms with Crippen molar-refractivity contribution < 1.29 is 0 Å². The highest BCUT2D eigenvalue weighted by molar-refractivity contribution is 14.0. The maximum Gasteiger partial charge on any atom is 0.193 e. The number of hydrogen-bond donors (Lipinski definition) is 1. The van der Waals surface area contributed by atoms with Gasteiger partial charge >= 0.3 is 0 Å². The van der Waals surface area contributed by atoms with Gasteiger partial charge in [0.2, 0.25) is 0 Å². The summed E-state index contributed by atoms with van der Waals surface area (Å²) in [7, 11) is 6.05. The molecule has 0 aliphatic rings. The number of nitrogens with zero attached hydrogens (tertiary/aromatic N) is 3. The van der Waals surface area contributed by atoms with E-state index < -0.39 is 0 Å². The normalized spacial score (nSPS) is 11.6. The SMILES string of the molecule is CN=C(NCCN(C)C(C)C)N(C)Cc1ccc(SC)cc1.I. The standard InChI is InChI=1S/C17H30N4S.HI/c1-14(2)20(4)12-11-19-17(18-3)21(5)13-15-7-9-16(22-6)10-8-15;/h7-10,14H,11-13H2,1-6H3,(H,18,19);1H. The highest BCUT2D eigenvalue weighted by atomic mass is 127. The molecular weight excluding hydrogens is 419 g/mol. The molecule has 6 heteroatoms. The fourth-order valence-electron chi connectivity index (χ4n) is 2.07. The first-order valence-corrected chi connectivity index (χ1v) is 8.95. The van der Waals surface area contributed by atoms with Gasteiger partial charge in [0.15, 0.2) is 5.96 Å². The van der Waals surface area contributed by atoms with Crippen LogP contribution in [-0.2, 0) is 6.54 Å². The molecule has 0 unspecified atom stereocenters. The first-order chi connectivity index (χ1) is 10.5. The third-order valence-corrected chi connectivity index (χ3v) is 4.52. The Morgan fingerprint density at radius 2 is 1.83 bits per heavy atom. The molecule has 0 aromatic heterocycles. The quantitative estimate of drug-likeness (QED) is 0.299. The van der Waals surface area contributed by atoms with Crippen molar-refractivity contribution in [2.75, 3.05) is 40.5 Å². The van der Waals surface area contributed by atoms with Crippen molar-refractivity contribution in [1.82, 2.24) is 15.1 Å². The second-order valence-corrected chi connectivity index (χ2v) is 6.63. The predicted octanol–water partition coefficient (Wildman–Crippen LogP) is 3.37. The van der Waals surface area contributed by atoms with Gasteiger partial charge in [-0.1, -0.05) is 12.1 Å². The van der Waals surface area contributed by atoms with E-state index in [-0.39, 0.29) is 24.0 Å². The molecule has 0 radical (unpaired) electrons. The predicted molar refractivity (Wildman–Crippen MR) is 114 cm³/mol. The molecule has 0 saturated carbocycles. The number of nitrogens with one attached hydrogen (secondary N) is 1. The van der Waals surface area contributed by atoms with Crippen molar-refractivity contribution in [2.45, 2.75) is 31.3 Å². The number of likely N-dealkylation sites (N-methyl/N-ethyl adjacent to an activating group) is 1. The molecule has 0 spiro atoms. The Labute approximate surface area is 163 Å². The molecule has 0 aliphatic heterocycles. The lowest BCUT2D eigenvalue weighted by Crippen LogP contribution is -2.42. The van der Waals surface area contributed by atoms with Gasteiger partial charge in [0.25, 0.3) is 0 Å². The number of rotatable bonds is 7. The van der Waals surface area contributed by atoms with E-state index in [2.05, 4.69) is 78.6 Å². The van der Waals surface area contributed by atoms with Gasteiger partial charge in [-0.05, 0) is 44.8 Å². The van der Waals surface area contributed by atoms with Crippen molar-refractivity contribution in [3.8, 4) is 0 Å². The molecule has 0 amide bonds. The average molecular weight is 450 g/mol. The summed E-state index contributed by atoms with van der Waals surface area (Å²) < 4.78 is 0. The average Bonchev–Trinajstić information content (AvgIpc) is 2.51. The zero-order chi connectivity index (χ0) is 16.5. The van der Waals surface area contributed by atoms with Gasteiger partial charge in [0, 0.05) is 44.7 Å². The summed E-state index contributed by atoms with van der Waals surface area (Å²) in [6.45, 7) is 7.18. The molecule has 0 atom stereocenters. The zero-order valence-corrected chi connectivity index (χ0v) is 18.3. The lowest BCUT2D eigenvalue weighted by molar-refractivity contribution is 0.277. The van der Waals surface area contributed by atoms with Crippen molar-refractivity contribution in [3.63, 3.8) is 0 Å². The maximum atomic E-state index is 4.37. The number of halogens is 1. The maximum absolute atomic E-state index is 4.37. The summed E-state index contributed by atoms with van der Waals surface area (Å²) in [6, 6.07) is 9.27. The van der Waals surface area contributed by atoms with E-state index in [4.69, 9.17) is 0 Å². The van der Waals surface area contributed by atoms with Gasteiger partial charge in [-0.15, -0.1) is 35.7 Å². The first-order valence-electron chi connectivity index (χ1n) is 7.73. The van der Waals surface area contributed by atoms with Gasteiger partial charge in [-0.2, -0.15) is 0 Å². The Morgan fingerprint density at radius 1 is 1.22 bits per heavy atom. The minimum atomic E-state index is 0. The van der Waals surface area contributed by atoms with Crippen LogP contribution < -0.4 is 5.32 Å². The summed E-state index contributed by atoms with van der Waals surface area (Å²) in [5.41, 5.74) is 1.29. The van der Waals surface area contributed by atoms with Gasteiger partial charge in [-0.3, -0.25) is 4.99 Å². The van der Waals surface area contributed by atoms with E-state index in [0.29, 0.717) is 6.04 Å². The molecule has 1 aromatic rings. The topological polar surface area (TPSA) is 30.9 Å². The molecule has 4 nitrogen and oxygen atoms in total. The number of benzene rings is 1. The number of thioether (sulfide) groups is 1. The molecule has 23 heavy (non-hydrogen) atoms. The number of aliphatic imine (C=N–C) groups is 1. The van der Waals surface area contributed by atoms with E-state index in [9.17, 15) is 0 Å². The summed E-state index contributed by atoms with van der Waals surface area (Å²) in [6.07, 6.45) is 2.10. The van der Waals surface area contributed by atoms with Crippen LogP contribution in [0.15, 0.2) is 34.2 Å². The van der Waals surface area contributed by atoms with Crippen LogP contribution in [-0.4, -0.2) is 62.3 Å². The molecule has 0 saturated heterocycles. The van der Waals surface area contributed by atoms with E-state index in [1.165, 1.54) is 10.5 Å². The van der Waals surface area contributed by atoms with Crippen LogP contribution in [0.3, 0.4) is 0 Å². The van der Waals surface area contributed by atoms with Gasteiger partial charge < -0.3 is 15.1 Å². The van der Waals surface area contributed by atoms with E-state index in [0.717, 1.165) is 25.6 Å². The Bertz CT molecular complexity index is 462. The van der Waals surface area contributed by atoms with E-state index in [1.54, 1.807) is 11.8 Å². The third-order valence-electron chi connectivity index (χ3n) is 3.78. The van der Waals surface area contributed by atoms with Crippen LogP contribution in [0.25, 0.3) is 0 Å². The molecule has 0 aliphatic carbocycles. The minimum absolute atomic E-state index is 0. The summed E-state index contributed by atoms with van der Waals surface area (Å²) in [5.74, 6) is 0.936. The lowest BCUT2D eigenvalue weighted by atomic mass is 10.2. The molecule has 0 bridgehead atoms. The third kappa shape index (κ3) is 8.26. The van der Waals surface area contributed by atoms with Crippen LogP contribution >= 0.6 is 35.7 Å². The van der Waals surface area contributed by atoms with Crippen LogP contribution in [0.5, 0.6) is 0 Å². The smallest absolute Gasteiger partial charge is 0.193 e. The first kappa shape index (κ1) is 22.5. The van der Waals surface area contributed by atoms with Crippen molar-refractivity contribution >= 4 is 41.7 Å². The molecule has 1 rings (SSSR count). The van der Waals surface area contributed by atoms with Crippen molar-refractivity contribution in [1.29, 1.82) is 0 Å². The minimum Gasteiger partial charge on any atom is -0.355 e. The van der Waals surface area contributed by atoms with E-state index in [1.807, 2.05) is 7.05 Å². The molecule has 132 valence electrons.